The molecule has 1 atom stereocenters. The summed E-state index contributed by atoms with van der Waals surface area (Å²) in [5.74, 6) is -0.274. The van der Waals surface area contributed by atoms with E-state index in [1.807, 2.05) is 19.1 Å². The maximum Gasteiger partial charge on any atom is 0.128 e. The number of hydrogen-bond acceptors (Lipinski definition) is 1. The van der Waals surface area contributed by atoms with Crippen LogP contribution < -0.4 is 0 Å². The molecule has 0 aliphatic heterocycles. The van der Waals surface area contributed by atoms with Crippen molar-refractivity contribution in [3.63, 3.8) is 0 Å². The monoisotopic (exact) mass is 274 g/mol. The summed E-state index contributed by atoms with van der Waals surface area (Å²) in [7, 11) is 0. The first-order valence-corrected chi connectivity index (χ1v) is 6.36. The van der Waals surface area contributed by atoms with Crippen molar-refractivity contribution in [2.45, 2.75) is 12.3 Å². The fourth-order valence-corrected chi connectivity index (χ4v) is 2.90. The van der Waals surface area contributed by atoms with Crippen LogP contribution in [-0.4, -0.2) is 0 Å². The van der Waals surface area contributed by atoms with Crippen molar-refractivity contribution < 1.29 is 4.39 Å². The van der Waals surface area contributed by atoms with Crippen LogP contribution in [0.25, 0.3) is 0 Å². The topological polar surface area (TPSA) is 0 Å². The van der Waals surface area contributed by atoms with Gasteiger partial charge in [0.1, 0.15) is 5.82 Å². The number of alkyl halides is 1. The van der Waals surface area contributed by atoms with Crippen molar-refractivity contribution in [1.29, 1.82) is 0 Å². The number of rotatable bonds is 2. The minimum Gasteiger partial charge on any atom is -0.207 e. The minimum absolute atomic E-state index is 0.274. The Kier molecular flexibility index (Phi) is 3.53. The second kappa shape index (κ2) is 4.74. The molecule has 0 saturated carbocycles. The van der Waals surface area contributed by atoms with Gasteiger partial charge in [0.25, 0.3) is 0 Å². The maximum atomic E-state index is 13.7. The highest BCUT2D eigenvalue weighted by Crippen LogP contribution is 2.36. The van der Waals surface area contributed by atoms with E-state index in [-0.39, 0.29) is 5.82 Å². The number of aryl methyl sites for hydroxylation is 1. The summed E-state index contributed by atoms with van der Waals surface area (Å²) >= 11 is 13.4. The summed E-state index contributed by atoms with van der Waals surface area (Å²) < 4.78 is 14.3. The second-order valence-corrected chi connectivity index (χ2v) is 5.71. The fourth-order valence-electron chi connectivity index (χ4n) is 1.46. The molecule has 0 amide bonds. The molecule has 1 heterocycles. The van der Waals surface area contributed by atoms with Crippen LogP contribution in [0.2, 0.25) is 4.34 Å². The Morgan fingerprint density at radius 1 is 1.25 bits per heavy atom. The van der Waals surface area contributed by atoms with Gasteiger partial charge in [-0.3, -0.25) is 0 Å². The standard InChI is InChI=1S/C12H9Cl2FS/c1-7-2-3-8(9(15)6-7)12(14)10-4-5-11(13)16-10/h2-6,12H,1H3. The van der Waals surface area contributed by atoms with E-state index in [0.29, 0.717) is 9.90 Å². The van der Waals surface area contributed by atoms with Crippen molar-refractivity contribution in [3.8, 4) is 0 Å². The van der Waals surface area contributed by atoms with Crippen LogP contribution in [-0.2, 0) is 0 Å². The third-order valence-electron chi connectivity index (χ3n) is 2.27. The first kappa shape index (κ1) is 11.9. The fraction of sp³-hybridized carbons (Fsp3) is 0.167. The van der Waals surface area contributed by atoms with Gasteiger partial charge in [-0.2, -0.15) is 0 Å². The minimum atomic E-state index is -0.474. The van der Waals surface area contributed by atoms with Crippen LogP contribution in [0.1, 0.15) is 21.4 Å². The van der Waals surface area contributed by atoms with Crippen molar-refractivity contribution in [2.24, 2.45) is 0 Å². The molecule has 1 aromatic carbocycles. The van der Waals surface area contributed by atoms with Crippen LogP contribution in [0.15, 0.2) is 30.3 Å². The highest BCUT2D eigenvalue weighted by atomic mass is 35.5. The molecular formula is C12H9Cl2FS. The summed E-state index contributed by atoms with van der Waals surface area (Å²) in [5.41, 5.74) is 1.38. The van der Waals surface area contributed by atoms with Gasteiger partial charge in [-0.1, -0.05) is 23.7 Å². The average Bonchev–Trinajstić information content (AvgIpc) is 2.64. The normalized spacial score (nSPS) is 12.8. The van der Waals surface area contributed by atoms with Crippen molar-refractivity contribution in [2.75, 3.05) is 0 Å². The highest BCUT2D eigenvalue weighted by Gasteiger charge is 2.16. The Hall–Kier alpha value is -0.570. The lowest BCUT2D eigenvalue weighted by atomic mass is 10.1. The van der Waals surface area contributed by atoms with Crippen LogP contribution in [0.4, 0.5) is 4.39 Å². The summed E-state index contributed by atoms with van der Waals surface area (Å²) in [6.45, 7) is 1.85. The summed E-state index contributed by atoms with van der Waals surface area (Å²) in [6, 6.07) is 8.64. The lowest BCUT2D eigenvalue weighted by molar-refractivity contribution is 0.611. The molecule has 84 valence electrons. The molecule has 0 N–H and O–H groups in total. The van der Waals surface area contributed by atoms with E-state index in [0.717, 1.165) is 10.4 Å². The van der Waals surface area contributed by atoms with Gasteiger partial charge in [0.2, 0.25) is 0 Å². The zero-order chi connectivity index (χ0) is 11.7. The van der Waals surface area contributed by atoms with Gasteiger partial charge in [0, 0.05) is 10.4 Å². The molecular weight excluding hydrogens is 266 g/mol. The zero-order valence-electron chi connectivity index (χ0n) is 8.51. The van der Waals surface area contributed by atoms with Gasteiger partial charge in [-0.15, -0.1) is 22.9 Å². The summed E-state index contributed by atoms with van der Waals surface area (Å²) in [4.78, 5) is 0.856. The molecule has 16 heavy (non-hydrogen) atoms. The Morgan fingerprint density at radius 3 is 2.56 bits per heavy atom. The molecule has 0 spiro atoms. The number of hydrogen-bond donors (Lipinski definition) is 0. The largest absolute Gasteiger partial charge is 0.207 e. The average molecular weight is 275 g/mol. The number of benzene rings is 1. The summed E-state index contributed by atoms with van der Waals surface area (Å²) in [5, 5.41) is -0.474. The van der Waals surface area contributed by atoms with Crippen LogP contribution >= 0.6 is 34.5 Å². The SMILES string of the molecule is Cc1ccc(C(Cl)c2ccc(Cl)s2)c(F)c1. The molecule has 0 radical (unpaired) electrons. The lowest BCUT2D eigenvalue weighted by Crippen LogP contribution is -1.95. The third kappa shape index (κ3) is 2.40. The predicted molar refractivity (Wildman–Crippen MR) is 68.2 cm³/mol. The summed E-state index contributed by atoms with van der Waals surface area (Å²) in [6.07, 6.45) is 0. The Balaban J connectivity index is 2.37. The lowest BCUT2D eigenvalue weighted by Gasteiger charge is -2.09. The van der Waals surface area contributed by atoms with Gasteiger partial charge < -0.3 is 0 Å². The first-order chi connectivity index (χ1) is 7.58. The first-order valence-electron chi connectivity index (χ1n) is 4.73. The molecule has 0 fully saturated rings. The number of thiophene rings is 1. The molecule has 2 aromatic rings. The molecule has 0 saturated heterocycles. The maximum absolute atomic E-state index is 13.7. The van der Waals surface area contributed by atoms with Gasteiger partial charge in [0.15, 0.2) is 0 Å². The number of halogens is 3. The van der Waals surface area contributed by atoms with Crippen molar-refractivity contribution in [3.05, 3.63) is 56.5 Å². The van der Waals surface area contributed by atoms with E-state index >= 15 is 0 Å². The highest BCUT2D eigenvalue weighted by molar-refractivity contribution is 7.16. The van der Waals surface area contributed by atoms with Crippen LogP contribution in [0.5, 0.6) is 0 Å². The molecule has 0 aliphatic rings. The molecule has 2 rings (SSSR count). The third-order valence-corrected chi connectivity index (χ3v) is 4.17. The molecule has 0 aliphatic carbocycles. The van der Waals surface area contributed by atoms with Gasteiger partial charge in [0.05, 0.1) is 9.71 Å². The molecule has 4 heteroatoms. The Labute approximate surface area is 108 Å². The zero-order valence-corrected chi connectivity index (χ0v) is 10.8. The van der Waals surface area contributed by atoms with E-state index in [9.17, 15) is 4.39 Å². The Morgan fingerprint density at radius 2 is 2.00 bits per heavy atom. The van der Waals surface area contributed by atoms with Gasteiger partial charge in [-0.25, -0.2) is 4.39 Å². The van der Waals surface area contributed by atoms with E-state index in [1.54, 1.807) is 12.1 Å². The predicted octanol–water partition coefficient (Wildman–Crippen LogP) is 5.18. The molecule has 0 nitrogen and oxygen atoms in total. The van der Waals surface area contributed by atoms with Crippen LogP contribution in [0, 0.1) is 12.7 Å². The van der Waals surface area contributed by atoms with Crippen molar-refractivity contribution >= 4 is 34.5 Å². The van der Waals surface area contributed by atoms with Gasteiger partial charge >= 0.3 is 0 Å². The molecule has 1 unspecified atom stereocenters. The van der Waals surface area contributed by atoms with Crippen LogP contribution in [0.3, 0.4) is 0 Å². The molecule has 1 aromatic heterocycles. The van der Waals surface area contributed by atoms with E-state index in [1.165, 1.54) is 17.4 Å². The second-order valence-electron chi connectivity index (χ2n) is 3.53. The van der Waals surface area contributed by atoms with Crippen molar-refractivity contribution in [1.82, 2.24) is 0 Å². The van der Waals surface area contributed by atoms with E-state index in [4.69, 9.17) is 23.2 Å². The quantitative estimate of drug-likeness (QED) is 0.663. The van der Waals surface area contributed by atoms with E-state index in [2.05, 4.69) is 0 Å². The van der Waals surface area contributed by atoms with Gasteiger partial charge in [-0.05, 0) is 30.7 Å². The Bertz CT molecular complexity index is 507. The smallest absolute Gasteiger partial charge is 0.128 e. The van der Waals surface area contributed by atoms with E-state index < -0.39 is 5.38 Å². The molecule has 0 bridgehead atoms.